The Morgan fingerprint density at radius 3 is 2.18 bits per heavy atom. The summed E-state index contributed by atoms with van der Waals surface area (Å²) in [5.74, 6) is 0.237. The summed E-state index contributed by atoms with van der Waals surface area (Å²) in [5, 5.41) is 1.48. The van der Waals surface area contributed by atoms with Crippen LogP contribution < -0.4 is 4.31 Å². The molecule has 38 heavy (non-hydrogen) atoms. The number of anilines is 2. The summed E-state index contributed by atoms with van der Waals surface area (Å²) in [7, 11) is -3.81. The Morgan fingerprint density at radius 2 is 1.55 bits per heavy atom. The van der Waals surface area contributed by atoms with E-state index in [-0.39, 0.29) is 5.82 Å². The molecule has 0 spiro atoms. The second kappa shape index (κ2) is 9.56. The Bertz CT molecular complexity index is 1770. The van der Waals surface area contributed by atoms with E-state index < -0.39 is 21.7 Å². The van der Waals surface area contributed by atoms with Gasteiger partial charge in [0, 0.05) is 20.8 Å². The van der Waals surface area contributed by atoms with E-state index in [0.29, 0.717) is 27.7 Å². The van der Waals surface area contributed by atoms with Crippen LogP contribution in [0.1, 0.15) is 20.8 Å². The Morgan fingerprint density at radius 1 is 0.921 bits per heavy atom. The van der Waals surface area contributed by atoms with Crippen molar-refractivity contribution in [3.05, 3.63) is 89.5 Å². The number of nitrogens with zero attached hydrogens (tertiary/aromatic N) is 3. The number of benzene rings is 3. The van der Waals surface area contributed by atoms with E-state index in [9.17, 15) is 13.2 Å². The van der Waals surface area contributed by atoms with Gasteiger partial charge in [-0.2, -0.15) is 0 Å². The van der Waals surface area contributed by atoms with Crippen LogP contribution in [0.3, 0.4) is 0 Å². The van der Waals surface area contributed by atoms with Gasteiger partial charge in [0.15, 0.2) is 5.82 Å². The van der Waals surface area contributed by atoms with Crippen molar-refractivity contribution in [1.82, 2.24) is 9.55 Å². The molecule has 0 fully saturated rings. The maximum absolute atomic E-state index is 13.4. The SMILES string of the molecule is CC(C)(C)OC(=O)n1c2ccccc2c2c(-c3ccccc3)c(N(c3ccc(Br)cc3)S(C)(=O)=O)ncc21. The first-order chi connectivity index (χ1) is 18.0. The van der Waals surface area contributed by atoms with E-state index in [1.54, 1.807) is 24.3 Å². The molecule has 0 aliphatic rings. The zero-order valence-electron chi connectivity index (χ0n) is 21.3. The molecule has 9 heteroatoms. The maximum Gasteiger partial charge on any atom is 0.419 e. The van der Waals surface area contributed by atoms with Crippen molar-refractivity contribution in [2.24, 2.45) is 0 Å². The zero-order valence-corrected chi connectivity index (χ0v) is 23.7. The van der Waals surface area contributed by atoms with Crippen LogP contribution in [0, 0.1) is 0 Å². The first kappa shape index (κ1) is 25.9. The lowest BCUT2D eigenvalue weighted by Gasteiger charge is -2.25. The summed E-state index contributed by atoms with van der Waals surface area (Å²) >= 11 is 3.42. The highest BCUT2D eigenvalue weighted by atomic mass is 79.9. The number of ether oxygens (including phenoxy) is 1. The molecule has 0 radical (unpaired) electrons. The predicted molar refractivity (Wildman–Crippen MR) is 155 cm³/mol. The van der Waals surface area contributed by atoms with Gasteiger partial charge in [-0.25, -0.2) is 27.1 Å². The molecule has 5 aromatic rings. The summed E-state index contributed by atoms with van der Waals surface area (Å²) in [6.07, 6.45) is 2.16. The van der Waals surface area contributed by atoms with Gasteiger partial charge in [0.2, 0.25) is 10.0 Å². The minimum absolute atomic E-state index is 0.237. The minimum atomic E-state index is -3.81. The molecule has 0 bridgehead atoms. The first-order valence-electron chi connectivity index (χ1n) is 11.9. The van der Waals surface area contributed by atoms with Gasteiger partial charge < -0.3 is 4.74 Å². The van der Waals surface area contributed by atoms with Crippen LogP contribution >= 0.6 is 15.9 Å². The fourth-order valence-corrected chi connectivity index (χ4v) is 5.75. The van der Waals surface area contributed by atoms with Crippen molar-refractivity contribution in [3.63, 3.8) is 0 Å². The lowest BCUT2D eigenvalue weighted by molar-refractivity contribution is 0.0551. The summed E-state index contributed by atoms with van der Waals surface area (Å²) in [4.78, 5) is 18.1. The highest BCUT2D eigenvalue weighted by molar-refractivity contribution is 9.10. The van der Waals surface area contributed by atoms with Crippen molar-refractivity contribution in [2.75, 3.05) is 10.6 Å². The molecule has 194 valence electrons. The second-order valence-electron chi connectivity index (χ2n) is 9.92. The van der Waals surface area contributed by atoms with Crippen molar-refractivity contribution < 1.29 is 17.9 Å². The molecule has 0 atom stereocenters. The highest BCUT2D eigenvalue weighted by Crippen LogP contribution is 2.44. The van der Waals surface area contributed by atoms with Gasteiger partial charge >= 0.3 is 6.09 Å². The van der Waals surface area contributed by atoms with Crippen LogP contribution in [-0.2, 0) is 14.8 Å². The molecule has 0 N–H and O–H groups in total. The van der Waals surface area contributed by atoms with E-state index in [1.165, 1.54) is 15.1 Å². The number of pyridine rings is 1. The molecule has 7 nitrogen and oxygen atoms in total. The topological polar surface area (TPSA) is 81.5 Å². The van der Waals surface area contributed by atoms with E-state index in [0.717, 1.165) is 21.7 Å². The van der Waals surface area contributed by atoms with Crippen LogP contribution in [-0.4, -0.2) is 35.9 Å². The lowest BCUT2D eigenvalue weighted by atomic mass is 10.00. The van der Waals surface area contributed by atoms with Gasteiger partial charge in [0.05, 0.1) is 29.2 Å². The van der Waals surface area contributed by atoms with Crippen LogP contribution in [0.4, 0.5) is 16.3 Å². The molecule has 2 aromatic heterocycles. The van der Waals surface area contributed by atoms with Crippen LogP contribution in [0.2, 0.25) is 0 Å². The third-order valence-electron chi connectivity index (χ3n) is 5.92. The Kier molecular flexibility index (Phi) is 6.53. The minimum Gasteiger partial charge on any atom is -0.443 e. The summed E-state index contributed by atoms with van der Waals surface area (Å²) in [6.45, 7) is 5.44. The number of sulfonamides is 1. The third-order valence-corrected chi connectivity index (χ3v) is 7.49. The Labute approximate surface area is 229 Å². The summed E-state index contributed by atoms with van der Waals surface area (Å²) < 4.78 is 35.8. The molecule has 0 saturated heterocycles. The van der Waals surface area contributed by atoms with Crippen LogP contribution in [0.25, 0.3) is 32.9 Å². The molecule has 0 aliphatic carbocycles. The average Bonchev–Trinajstić information content (AvgIpc) is 3.18. The largest absolute Gasteiger partial charge is 0.443 e. The van der Waals surface area contributed by atoms with Crippen molar-refractivity contribution in [3.8, 4) is 11.1 Å². The van der Waals surface area contributed by atoms with E-state index in [1.807, 2.05) is 75.4 Å². The number of carbonyl (C=O) groups is 1. The second-order valence-corrected chi connectivity index (χ2v) is 12.7. The van der Waals surface area contributed by atoms with E-state index >= 15 is 0 Å². The van der Waals surface area contributed by atoms with Gasteiger partial charge in [-0.05, 0) is 56.7 Å². The molecule has 0 amide bonds. The number of para-hydroxylation sites is 1. The Balaban J connectivity index is 1.93. The lowest BCUT2D eigenvalue weighted by Crippen LogP contribution is -2.27. The molecule has 0 saturated carbocycles. The van der Waals surface area contributed by atoms with Gasteiger partial charge in [-0.3, -0.25) is 0 Å². The number of hydrogen-bond acceptors (Lipinski definition) is 5. The molecule has 2 heterocycles. The average molecular weight is 593 g/mol. The van der Waals surface area contributed by atoms with Crippen molar-refractivity contribution in [2.45, 2.75) is 26.4 Å². The number of fused-ring (bicyclic) bond motifs is 3. The summed E-state index contributed by atoms with van der Waals surface area (Å²) in [5.41, 5.74) is 2.25. The zero-order chi connectivity index (χ0) is 27.2. The van der Waals surface area contributed by atoms with Gasteiger partial charge in [0.1, 0.15) is 5.60 Å². The maximum atomic E-state index is 13.4. The standard InChI is InChI=1S/C29H26BrN3O4S/c1-29(2,3)37-28(34)32-23-13-9-8-12-22(23)26-24(32)18-31-27(25(26)19-10-6-5-7-11-19)33(38(4,35)36)21-16-14-20(30)15-17-21/h5-18H,1-4H3. The van der Waals surface area contributed by atoms with Crippen LogP contribution in [0.5, 0.6) is 0 Å². The van der Waals surface area contributed by atoms with E-state index in [2.05, 4.69) is 15.9 Å². The third kappa shape index (κ3) is 4.79. The quantitative estimate of drug-likeness (QED) is 0.216. The molecule has 0 unspecified atom stereocenters. The fraction of sp³-hybridized carbons (Fsp3) is 0.172. The normalized spacial score (nSPS) is 12.1. The highest BCUT2D eigenvalue weighted by Gasteiger charge is 2.30. The monoisotopic (exact) mass is 591 g/mol. The van der Waals surface area contributed by atoms with Gasteiger partial charge in [0.25, 0.3) is 0 Å². The van der Waals surface area contributed by atoms with Gasteiger partial charge in [-0.1, -0.05) is 64.5 Å². The molecule has 3 aromatic carbocycles. The first-order valence-corrected chi connectivity index (χ1v) is 14.6. The molecule has 0 aliphatic heterocycles. The van der Waals surface area contributed by atoms with Crippen LogP contribution in [0.15, 0.2) is 89.5 Å². The number of rotatable bonds is 4. The number of aromatic nitrogens is 2. The Hall–Kier alpha value is -3.69. The van der Waals surface area contributed by atoms with Crippen molar-refractivity contribution in [1.29, 1.82) is 0 Å². The smallest absolute Gasteiger partial charge is 0.419 e. The number of halogens is 1. The van der Waals surface area contributed by atoms with E-state index in [4.69, 9.17) is 9.72 Å². The summed E-state index contributed by atoms with van der Waals surface area (Å²) in [6, 6.07) is 24.0. The number of hydrogen-bond donors (Lipinski definition) is 0. The predicted octanol–water partition coefficient (Wildman–Crippen LogP) is 7.50. The molecule has 5 rings (SSSR count). The van der Waals surface area contributed by atoms with Gasteiger partial charge in [-0.15, -0.1) is 0 Å². The fourth-order valence-electron chi connectivity index (χ4n) is 4.53. The molecular weight excluding hydrogens is 566 g/mol. The van der Waals surface area contributed by atoms with Crippen molar-refractivity contribution >= 4 is 65.4 Å². The number of carbonyl (C=O) groups excluding carboxylic acids is 1. The molecular formula is C29H26BrN3O4S.